The molecular formula is C81H60N2O10. The summed E-state index contributed by atoms with van der Waals surface area (Å²) in [6, 6.07) is 0.0508. The van der Waals surface area contributed by atoms with E-state index < -0.39 is 6.09 Å². The van der Waals surface area contributed by atoms with Crippen LogP contribution in [0.1, 0.15) is 86.5 Å². The molecule has 4 aliphatic carbocycles. The molecule has 2 aliphatic heterocycles. The number of alkyl carbamates (subject to hydrolysis) is 2. The minimum absolute atomic E-state index is 0.00875. The Morgan fingerprint density at radius 3 is 1.13 bits per heavy atom. The van der Waals surface area contributed by atoms with Crippen molar-refractivity contribution < 1.29 is 47.7 Å². The Morgan fingerprint density at radius 2 is 0.774 bits per heavy atom. The van der Waals surface area contributed by atoms with E-state index in [2.05, 4.69) is 272 Å². The van der Waals surface area contributed by atoms with E-state index in [9.17, 15) is 28.8 Å². The molecule has 0 aromatic heterocycles. The molecule has 1 unspecified atom stereocenters. The first-order valence-corrected chi connectivity index (χ1v) is 29.0. The van der Waals surface area contributed by atoms with Gasteiger partial charge in [0.25, 0.3) is 0 Å². The number of ether oxygens (including phenoxy) is 4. The van der Waals surface area contributed by atoms with Crippen molar-refractivity contribution in [3.05, 3.63) is 273 Å². The van der Waals surface area contributed by atoms with Gasteiger partial charge >= 0.3 is 24.1 Å². The maximum atomic E-state index is 12.3. The lowest BCUT2D eigenvalue weighted by Gasteiger charge is -2.47. The van der Waals surface area contributed by atoms with Crippen molar-refractivity contribution in [2.45, 2.75) is 111 Å². The monoisotopic (exact) mass is 1220 g/mol. The summed E-state index contributed by atoms with van der Waals surface area (Å²) >= 11 is 0. The van der Waals surface area contributed by atoms with Gasteiger partial charge in [0.15, 0.2) is 0 Å². The standard InChI is InChI=1S/C25H4.C20H4.C18H27NO5.C18H25NO5/c1-3-5-7-9-11-13-15-17-19-21-23-25-24-22-20-18-16-14-12-10-8-6-4-2;1-3-5-7-9-11-13-15-17-19-20-18-16-14-12-10-8-6-4-2;2*1-4-23-18(22)19-12-5-6-13-11(7-12)8-14-16(15(13)9(2)20)10(3)24-17(14)21/h1-2H2;1-2H2;10-16H,4-8H2,1-3H3,(H,19,22);8,10,12-16H,4-7H2,1-3H3,(H,19,22)/t;;10-,11?,12-,13-,14-,15+,16-;10-,12-,13-,14-,15+,16-/m..11/s1. The number of rotatable bonds is 6. The van der Waals surface area contributed by atoms with Crippen molar-refractivity contribution in [3.8, 4) is 0 Å². The van der Waals surface area contributed by atoms with Crippen molar-refractivity contribution in [1.29, 1.82) is 0 Å². The minimum Gasteiger partial charge on any atom is -0.462 e. The Morgan fingerprint density at radius 1 is 0.441 bits per heavy atom. The summed E-state index contributed by atoms with van der Waals surface area (Å²) < 4.78 is 20.7. The second-order valence-corrected chi connectivity index (χ2v) is 19.9. The molecule has 5 fully saturated rings. The summed E-state index contributed by atoms with van der Waals surface area (Å²) in [6.45, 7) is 24.5. The van der Waals surface area contributed by atoms with E-state index in [1.807, 2.05) is 19.9 Å². The molecule has 0 radical (unpaired) electrons. The van der Waals surface area contributed by atoms with Crippen LogP contribution in [0.3, 0.4) is 0 Å². The second-order valence-electron chi connectivity index (χ2n) is 19.9. The Hall–Kier alpha value is -13.0. The number of Topliss-reactive ketones (excluding diaryl/α,β-unsaturated/α-hetero) is 2. The van der Waals surface area contributed by atoms with Crippen LogP contribution in [0.15, 0.2) is 273 Å². The van der Waals surface area contributed by atoms with E-state index in [1.165, 1.54) is 0 Å². The zero-order valence-electron chi connectivity index (χ0n) is 52.4. The molecule has 12 nitrogen and oxygen atoms in total. The van der Waals surface area contributed by atoms with Gasteiger partial charge < -0.3 is 29.6 Å². The highest BCUT2D eigenvalue weighted by Gasteiger charge is 2.57. The van der Waals surface area contributed by atoms with Crippen molar-refractivity contribution in [2.24, 2.45) is 53.3 Å². The molecule has 93 heavy (non-hydrogen) atoms. The maximum Gasteiger partial charge on any atom is 0.407 e. The van der Waals surface area contributed by atoms with Gasteiger partial charge in [0, 0.05) is 64.4 Å². The summed E-state index contributed by atoms with van der Waals surface area (Å²) in [5.41, 5.74) is 102. The number of amides is 2. The second kappa shape index (κ2) is 44.5. The summed E-state index contributed by atoms with van der Waals surface area (Å²) in [5.74, 6) is -0.173. The number of esters is 2. The lowest BCUT2D eigenvalue weighted by molar-refractivity contribution is -0.145. The van der Waals surface area contributed by atoms with Crippen molar-refractivity contribution in [3.63, 3.8) is 0 Å². The number of carbonyl (C=O) groups excluding carboxylic acids is 6. The van der Waals surface area contributed by atoms with E-state index in [0.29, 0.717) is 25.6 Å². The van der Waals surface area contributed by atoms with Gasteiger partial charge in [-0.2, -0.15) is 0 Å². The van der Waals surface area contributed by atoms with Gasteiger partial charge in [-0.15, -0.1) is 0 Å². The molecule has 0 spiro atoms. The van der Waals surface area contributed by atoms with Crippen LogP contribution in [-0.2, 0) is 38.1 Å². The Kier molecular flexibility index (Phi) is 35.5. The molecule has 0 bridgehead atoms. The smallest absolute Gasteiger partial charge is 0.407 e. The highest BCUT2D eigenvalue weighted by atomic mass is 16.6. The van der Waals surface area contributed by atoms with E-state index >= 15 is 0 Å². The molecule has 2 N–H and O–H groups in total. The summed E-state index contributed by atoms with van der Waals surface area (Å²) in [6.07, 6.45) is 6.44. The van der Waals surface area contributed by atoms with Crippen molar-refractivity contribution in [2.75, 3.05) is 13.2 Å². The zero-order chi connectivity index (χ0) is 67.9. The van der Waals surface area contributed by atoms with Crippen LogP contribution in [0.25, 0.3) is 0 Å². The fourth-order valence-corrected chi connectivity index (χ4v) is 11.2. The molecule has 3 saturated carbocycles. The van der Waals surface area contributed by atoms with E-state index in [1.54, 1.807) is 27.7 Å². The number of cyclic esters (lactones) is 2. The predicted octanol–water partition coefficient (Wildman–Crippen LogP) is 12.5. The van der Waals surface area contributed by atoms with Gasteiger partial charge in [0.05, 0.1) is 25.0 Å². The third-order valence-electron chi connectivity index (χ3n) is 14.3. The normalized spacial score (nSPS) is 22.1. The molecule has 454 valence electrons. The first kappa shape index (κ1) is 74.3. The van der Waals surface area contributed by atoms with Crippen LogP contribution >= 0.6 is 0 Å². The molecule has 6 aliphatic rings. The molecule has 6 rings (SSSR count). The highest BCUT2D eigenvalue weighted by molar-refractivity contribution is 5.85. The zero-order valence-corrected chi connectivity index (χ0v) is 52.4. The van der Waals surface area contributed by atoms with Gasteiger partial charge in [-0.05, 0) is 314 Å². The van der Waals surface area contributed by atoms with E-state index in [0.717, 1.165) is 44.1 Å². The minimum atomic E-state index is -0.410. The molecule has 2 saturated heterocycles. The number of carbonyl (C=O) groups is 6. The SMILES string of the molecule is C=C=C=C=C=C=C=C=C=C=C=C=C=C=C=C=C=C=C=C.C=C=C=C=C=C=C=C=C=C=C=C=C=C=C=C=C=C=C=C=C=C=C=C=C.CCOC(=O)N[C@@H]1CC[C@@H]2C(=C[C@H]3C(=O)O[C@H](C)[C@H]3[C@H]2C(C)=O)C1.CCOC(=O)N[C@@H]1CC[C@@H]2C(C1)C[C@H]1C(=O)O[C@H](C)[C@H]1[C@H]2C(C)=O. The fourth-order valence-electron chi connectivity index (χ4n) is 11.2. The molecule has 0 aromatic carbocycles. The molecule has 0 aromatic rings. The van der Waals surface area contributed by atoms with Crippen LogP contribution in [0.5, 0.6) is 0 Å². The predicted molar refractivity (Wildman–Crippen MR) is 339 cm³/mol. The molecule has 2 heterocycles. The van der Waals surface area contributed by atoms with Crippen LogP contribution in [0.4, 0.5) is 9.59 Å². The molecular weight excluding hydrogens is 1160 g/mol. The first-order valence-electron chi connectivity index (χ1n) is 29.0. The topological polar surface area (TPSA) is 163 Å². The van der Waals surface area contributed by atoms with Crippen molar-refractivity contribution >= 4 is 35.7 Å². The largest absolute Gasteiger partial charge is 0.462 e. The molecule has 2 amide bonds. The third-order valence-corrected chi connectivity index (χ3v) is 14.3. The van der Waals surface area contributed by atoms with Crippen molar-refractivity contribution in [1.82, 2.24) is 10.6 Å². The Bertz CT molecular complexity index is 4530. The number of ketones is 2. The van der Waals surface area contributed by atoms with Crippen LogP contribution in [0, 0.1) is 53.3 Å². The summed E-state index contributed by atoms with van der Waals surface area (Å²) in [5, 5.41) is 5.79. The number of hydrogen-bond donors (Lipinski definition) is 2. The van der Waals surface area contributed by atoms with Gasteiger partial charge in [-0.1, -0.05) is 34.6 Å². The Balaban J connectivity index is 0.000000325. The molecule has 12 heteroatoms. The lowest BCUT2D eigenvalue weighted by Crippen LogP contribution is -2.50. The quantitative estimate of drug-likeness (QED) is 0.113. The maximum absolute atomic E-state index is 12.3. The van der Waals surface area contributed by atoms with Crippen LogP contribution < -0.4 is 10.6 Å². The van der Waals surface area contributed by atoms with Crippen LogP contribution in [0.2, 0.25) is 0 Å². The number of nitrogens with one attached hydrogen (secondary N) is 2. The van der Waals surface area contributed by atoms with Gasteiger partial charge in [-0.25, -0.2) is 9.59 Å². The van der Waals surface area contributed by atoms with Gasteiger partial charge in [0.1, 0.15) is 23.8 Å². The highest BCUT2D eigenvalue weighted by Crippen LogP contribution is 2.54. The summed E-state index contributed by atoms with van der Waals surface area (Å²) in [7, 11) is 0. The van der Waals surface area contributed by atoms with Crippen LogP contribution in [-0.4, -0.2) is 73.2 Å². The lowest BCUT2D eigenvalue weighted by atomic mass is 9.56. The average molecular weight is 1220 g/mol. The fraction of sp³-hybridized carbons (Fsp3) is 0.346. The van der Waals surface area contributed by atoms with E-state index in [-0.39, 0.29) is 101 Å². The van der Waals surface area contributed by atoms with Gasteiger partial charge in [0.2, 0.25) is 0 Å². The first-order chi connectivity index (χ1) is 45.2. The van der Waals surface area contributed by atoms with E-state index in [4.69, 9.17) is 18.9 Å². The summed E-state index contributed by atoms with van der Waals surface area (Å²) in [4.78, 5) is 72.3. The average Bonchev–Trinajstić information content (AvgIpc) is 1.70. The third kappa shape index (κ3) is 27.7. The van der Waals surface area contributed by atoms with Gasteiger partial charge in [-0.3, -0.25) is 19.2 Å². The number of hydrogen-bond acceptors (Lipinski definition) is 10. The Labute approximate surface area is 541 Å². The number of fused-ring (bicyclic) bond motifs is 4. The molecule has 13 atom stereocenters.